The molecule has 0 spiro atoms. The molecule has 1 rings (SSSR count). The number of rotatable bonds is 3. The summed E-state index contributed by atoms with van der Waals surface area (Å²) < 4.78 is 0. The van der Waals surface area contributed by atoms with Gasteiger partial charge in [-0.1, -0.05) is 0 Å². The lowest BCUT2D eigenvalue weighted by molar-refractivity contribution is 0.0752. The number of aliphatic hydroxyl groups is 2. The molecule has 0 radical (unpaired) electrons. The first-order valence-corrected chi connectivity index (χ1v) is 4.20. The third-order valence-electron chi connectivity index (χ3n) is 2.31. The van der Waals surface area contributed by atoms with Crippen molar-refractivity contribution in [1.82, 2.24) is 4.90 Å². The highest BCUT2D eigenvalue weighted by atomic mass is 16.3. The lowest BCUT2D eigenvalue weighted by Gasteiger charge is -2.13. The Labute approximate surface area is 67.6 Å². The van der Waals surface area contributed by atoms with Crippen LogP contribution < -0.4 is 0 Å². The van der Waals surface area contributed by atoms with Gasteiger partial charge in [0.15, 0.2) is 0 Å². The average Bonchev–Trinajstić information content (AvgIpc) is 2.35. The van der Waals surface area contributed by atoms with Crippen LogP contribution in [0.5, 0.6) is 0 Å². The van der Waals surface area contributed by atoms with Gasteiger partial charge in [0.05, 0.1) is 12.7 Å². The summed E-state index contributed by atoms with van der Waals surface area (Å²) in [5.74, 6) is 0.585. The molecular weight excluding hydrogens is 142 g/mol. The van der Waals surface area contributed by atoms with Gasteiger partial charge in [-0.25, -0.2) is 0 Å². The van der Waals surface area contributed by atoms with E-state index in [0.29, 0.717) is 5.92 Å². The van der Waals surface area contributed by atoms with E-state index in [1.165, 1.54) is 0 Å². The highest BCUT2D eigenvalue weighted by Gasteiger charge is 2.21. The van der Waals surface area contributed by atoms with E-state index in [0.717, 1.165) is 25.9 Å². The number of hydrogen-bond acceptors (Lipinski definition) is 3. The van der Waals surface area contributed by atoms with Gasteiger partial charge in [0.1, 0.15) is 0 Å². The third kappa shape index (κ3) is 2.77. The molecule has 0 aromatic heterocycles. The number of aliphatic hydroxyl groups excluding tert-OH is 2. The minimum absolute atomic E-state index is 0.0970. The molecule has 1 saturated heterocycles. The molecule has 2 N–H and O–H groups in total. The maximum absolute atomic E-state index is 9.14. The van der Waals surface area contributed by atoms with Crippen LogP contribution in [0.15, 0.2) is 0 Å². The molecule has 2 unspecified atom stereocenters. The van der Waals surface area contributed by atoms with Gasteiger partial charge in [0, 0.05) is 6.54 Å². The van der Waals surface area contributed by atoms with Crippen LogP contribution in [0.4, 0.5) is 0 Å². The Morgan fingerprint density at radius 3 is 2.82 bits per heavy atom. The van der Waals surface area contributed by atoms with Crippen LogP contribution in [0.25, 0.3) is 0 Å². The van der Waals surface area contributed by atoms with Gasteiger partial charge in [-0.15, -0.1) is 0 Å². The third-order valence-corrected chi connectivity index (χ3v) is 2.31. The standard InChI is InChI=1S/C8H17NO2/c1-9-3-2-7(5-9)4-8(11)6-10/h7-8,10-11H,2-6H2,1H3. The molecule has 11 heavy (non-hydrogen) atoms. The summed E-state index contributed by atoms with van der Waals surface area (Å²) in [7, 11) is 2.09. The zero-order chi connectivity index (χ0) is 8.27. The first-order valence-electron chi connectivity index (χ1n) is 4.20. The van der Waals surface area contributed by atoms with Gasteiger partial charge in [-0.05, 0) is 32.4 Å². The molecule has 0 aliphatic carbocycles. The Morgan fingerprint density at radius 1 is 1.64 bits per heavy atom. The maximum atomic E-state index is 9.14. The Hall–Kier alpha value is -0.120. The molecule has 3 nitrogen and oxygen atoms in total. The summed E-state index contributed by atoms with van der Waals surface area (Å²) in [4.78, 5) is 2.26. The molecule has 1 fully saturated rings. The Morgan fingerprint density at radius 2 is 2.36 bits per heavy atom. The van der Waals surface area contributed by atoms with Crippen molar-refractivity contribution >= 4 is 0 Å². The fourth-order valence-corrected chi connectivity index (χ4v) is 1.68. The van der Waals surface area contributed by atoms with Gasteiger partial charge in [0.25, 0.3) is 0 Å². The zero-order valence-electron chi connectivity index (χ0n) is 7.03. The monoisotopic (exact) mass is 159 g/mol. The summed E-state index contributed by atoms with van der Waals surface area (Å²) in [5.41, 5.74) is 0. The van der Waals surface area contributed by atoms with Gasteiger partial charge < -0.3 is 15.1 Å². The second kappa shape index (κ2) is 4.04. The highest BCUT2D eigenvalue weighted by Crippen LogP contribution is 2.19. The highest BCUT2D eigenvalue weighted by molar-refractivity contribution is 4.75. The predicted octanol–water partition coefficient (Wildman–Crippen LogP) is -0.319. The Bertz CT molecular complexity index is 119. The van der Waals surface area contributed by atoms with Crippen LogP contribution >= 0.6 is 0 Å². The van der Waals surface area contributed by atoms with Crippen LogP contribution in [0.1, 0.15) is 12.8 Å². The second-order valence-corrected chi connectivity index (χ2v) is 3.49. The molecule has 0 bridgehead atoms. The largest absolute Gasteiger partial charge is 0.394 e. The lowest BCUT2D eigenvalue weighted by atomic mass is 10.0. The fraction of sp³-hybridized carbons (Fsp3) is 1.00. The van der Waals surface area contributed by atoms with Crippen LogP contribution in [0.3, 0.4) is 0 Å². The van der Waals surface area contributed by atoms with E-state index in [2.05, 4.69) is 11.9 Å². The van der Waals surface area contributed by atoms with Crippen molar-refractivity contribution < 1.29 is 10.2 Å². The predicted molar refractivity (Wildman–Crippen MR) is 43.3 cm³/mol. The first kappa shape index (κ1) is 8.97. The van der Waals surface area contributed by atoms with Crippen molar-refractivity contribution in [1.29, 1.82) is 0 Å². The molecule has 0 aromatic carbocycles. The SMILES string of the molecule is CN1CCC(CC(O)CO)C1. The fourth-order valence-electron chi connectivity index (χ4n) is 1.68. The number of hydrogen-bond donors (Lipinski definition) is 2. The van der Waals surface area contributed by atoms with E-state index in [-0.39, 0.29) is 6.61 Å². The topological polar surface area (TPSA) is 43.7 Å². The number of nitrogens with zero attached hydrogens (tertiary/aromatic N) is 1. The van der Waals surface area contributed by atoms with Gasteiger partial charge >= 0.3 is 0 Å². The van der Waals surface area contributed by atoms with Crippen molar-refractivity contribution in [3.63, 3.8) is 0 Å². The van der Waals surface area contributed by atoms with Crippen molar-refractivity contribution in [3.8, 4) is 0 Å². The quantitative estimate of drug-likeness (QED) is 0.593. The van der Waals surface area contributed by atoms with Crippen molar-refractivity contribution in [2.45, 2.75) is 18.9 Å². The molecule has 0 saturated carbocycles. The van der Waals surface area contributed by atoms with Crippen molar-refractivity contribution in [2.75, 3.05) is 26.7 Å². The van der Waals surface area contributed by atoms with E-state index in [4.69, 9.17) is 10.2 Å². The molecule has 1 aliphatic rings. The van der Waals surface area contributed by atoms with Gasteiger partial charge in [-0.2, -0.15) is 0 Å². The van der Waals surface area contributed by atoms with E-state index in [1.54, 1.807) is 0 Å². The molecule has 0 amide bonds. The van der Waals surface area contributed by atoms with Crippen molar-refractivity contribution in [3.05, 3.63) is 0 Å². The van der Waals surface area contributed by atoms with Crippen LogP contribution in [0, 0.1) is 5.92 Å². The molecule has 1 heterocycles. The molecule has 1 aliphatic heterocycles. The first-order chi connectivity index (χ1) is 5.22. The summed E-state index contributed by atoms with van der Waals surface area (Å²) in [6.45, 7) is 2.10. The molecule has 66 valence electrons. The Balaban J connectivity index is 2.17. The van der Waals surface area contributed by atoms with Gasteiger partial charge in [0.2, 0.25) is 0 Å². The zero-order valence-corrected chi connectivity index (χ0v) is 7.03. The maximum Gasteiger partial charge on any atom is 0.0774 e. The van der Waals surface area contributed by atoms with Crippen LogP contribution in [-0.4, -0.2) is 48.0 Å². The summed E-state index contributed by atoms with van der Waals surface area (Å²) in [5, 5.41) is 17.7. The lowest BCUT2D eigenvalue weighted by Crippen LogP contribution is -2.20. The van der Waals surface area contributed by atoms with E-state index in [9.17, 15) is 0 Å². The summed E-state index contributed by atoms with van der Waals surface area (Å²) in [6, 6.07) is 0. The van der Waals surface area contributed by atoms with E-state index >= 15 is 0 Å². The minimum Gasteiger partial charge on any atom is -0.394 e. The molecule has 2 atom stereocenters. The van der Waals surface area contributed by atoms with E-state index < -0.39 is 6.10 Å². The normalized spacial score (nSPS) is 29.2. The van der Waals surface area contributed by atoms with Crippen molar-refractivity contribution in [2.24, 2.45) is 5.92 Å². The van der Waals surface area contributed by atoms with Crippen LogP contribution in [-0.2, 0) is 0 Å². The summed E-state index contributed by atoms with van der Waals surface area (Å²) in [6.07, 6.45) is 1.40. The van der Waals surface area contributed by atoms with E-state index in [1.807, 2.05) is 0 Å². The average molecular weight is 159 g/mol. The molecular formula is C8H17NO2. The summed E-state index contributed by atoms with van der Waals surface area (Å²) >= 11 is 0. The smallest absolute Gasteiger partial charge is 0.0774 e. The minimum atomic E-state index is -0.508. The molecule has 3 heteroatoms. The molecule has 0 aromatic rings. The van der Waals surface area contributed by atoms with Gasteiger partial charge in [-0.3, -0.25) is 0 Å². The second-order valence-electron chi connectivity index (χ2n) is 3.49. The Kier molecular flexibility index (Phi) is 3.30. The van der Waals surface area contributed by atoms with Crippen LogP contribution in [0.2, 0.25) is 0 Å². The number of likely N-dealkylation sites (tertiary alicyclic amines) is 1.